The molecule has 0 aromatic carbocycles. The summed E-state index contributed by atoms with van der Waals surface area (Å²) in [5.74, 6) is 0. The SMILES string of the molecule is CCOP(C)OCC.[HH]. The predicted molar refractivity (Wildman–Crippen MR) is 38.2 cm³/mol. The average Bonchev–Trinajstić information content (AvgIpc) is 1.68. The Morgan fingerprint density at radius 3 is 1.88 bits per heavy atom. The molecule has 0 N–H and O–H groups in total. The molecular weight excluding hydrogens is 123 g/mol. The van der Waals surface area contributed by atoms with Crippen LogP contribution in [0.5, 0.6) is 0 Å². The van der Waals surface area contributed by atoms with Crippen molar-refractivity contribution in [2.24, 2.45) is 0 Å². The van der Waals surface area contributed by atoms with Crippen LogP contribution in [0.4, 0.5) is 0 Å². The summed E-state index contributed by atoms with van der Waals surface area (Å²) in [6.07, 6.45) is 0. The molecule has 2 nitrogen and oxygen atoms in total. The molecule has 0 aliphatic carbocycles. The van der Waals surface area contributed by atoms with Crippen molar-refractivity contribution in [2.75, 3.05) is 19.9 Å². The monoisotopic (exact) mass is 138 g/mol. The van der Waals surface area contributed by atoms with Crippen LogP contribution < -0.4 is 0 Å². The molecule has 8 heavy (non-hydrogen) atoms. The Hall–Kier alpha value is 0.350. The van der Waals surface area contributed by atoms with Gasteiger partial charge in [0.05, 0.1) is 13.2 Å². The molecule has 52 valence electrons. The molecule has 0 atom stereocenters. The Kier molecular flexibility index (Phi) is 5.73. The van der Waals surface area contributed by atoms with Gasteiger partial charge in [0.1, 0.15) is 0 Å². The highest BCUT2D eigenvalue weighted by atomic mass is 31.2. The zero-order valence-corrected chi connectivity index (χ0v) is 6.57. The van der Waals surface area contributed by atoms with Crippen LogP contribution in [0.15, 0.2) is 0 Å². The van der Waals surface area contributed by atoms with Crippen molar-refractivity contribution in [3.8, 4) is 0 Å². The maximum absolute atomic E-state index is 5.12. The Labute approximate surface area is 53.6 Å². The Morgan fingerprint density at radius 1 is 1.25 bits per heavy atom. The smallest absolute Gasteiger partial charge is 0.167 e. The highest BCUT2D eigenvalue weighted by Crippen LogP contribution is 2.32. The average molecular weight is 138 g/mol. The van der Waals surface area contributed by atoms with Crippen LogP contribution in [0.3, 0.4) is 0 Å². The minimum absolute atomic E-state index is 0. The van der Waals surface area contributed by atoms with Gasteiger partial charge in [-0.1, -0.05) is 0 Å². The summed E-state index contributed by atoms with van der Waals surface area (Å²) in [7, 11) is -0.581. The van der Waals surface area contributed by atoms with Crippen molar-refractivity contribution in [3.63, 3.8) is 0 Å². The van der Waals surface area contributed by atoms with Gasteiger partial charge in [-0.15, -0.1) is 0 Å². The van der Waals surface area contributed by atoms with E-state index in [0.717, 1.165) is 13.2 Å². The van der Waals surface area contributed by atoms with Crippen molar-refractivity contribution < 1.29 is 10.5 Å². The van der Waals surface area contributed by atoms with E-state index in [0.29, 0.717) is 0 Å². The number of hydrogen-bond donors (Lipinski definition) is 0. The molecular formula is C5H15O2P. The second-order valence-electron chi connectivity index (χ2n) is 1.28. The Morgan fingerprint density at radius 2 is 1.62 bits per heavy atom. The van der Waals surface area contributed by atoms with Crippen molar-refractivity contribution >= 4 is 8.38 Å². The molecule has 0 aliphatic heterocycles. The van der Waals surface area contributed by atoms with Gasteiger partial charge < -0.3 is 9.05 Å². The summed E-state index contributed by atoms with van der Waals surface area (Å²) in [6.45, 7) is 7.41. The third kappa shape index (κ3) is 4.51. The van der Waals surface area contributed by atoms with Crippen molar-refractivity contribution in [1.29, 1.82) is 0 Å². The van der Waals surface area contributed by atoms with E-state index in [2.05, 4.69) is 0 Å². The first-order valence-electron chi connectivity index (χ1n) is 2.80. The predicted octanol–water partition coefficient (Wildman–Crippen LogP) is 2.25. The standard InChI is InChI=1S/C5H13O2P.H2/c1-4-6-8(3)7-5-2;/h4-5H2,1-3H3;1H. The molecule has 0 spiro atoms. The van der Waals surface area contributed by atoms with Gasteiger partial charge in [0.25, 0.3) is 0 Å². The molecule has 0 rings (SSSR count). The maximum Gasteiger partial charge on any atom is 0.167 e. The normalized spacial score (nSPS) is 10.5. The molecule has 0 fully saturated rings. The lowest BCUT2D eigenvalue weighted by Crippen LogP contribution is -1.87. The van der Waals surface area contributed by atoms with Gasteiger partial charge in [0, 0.05) is 8.09 Å². The fraction of sp³-hybridized carbons (Fsp3) is 1.00. The fourth-order valence-corrected chi connectivity index (χ4v) is 1.20. The summed E-state index contributed by atoms with van der Waals surface area (Å²) in [4.78, 5) is 0. The van der Waals surface area contributed by atoms with Crippen LogP contribution >= 0.6 is 8.38 Å². The summed E-state index contributed by atoms with van der Waals surface area (Å²) in [6, 6.07) is 0. The topological polar surface area (TPSA) is 18.5 Å². The van der Waals surface area contributed by atoms with E-state index < -0.39 is 8.38 Å². The molecule has 0 amide bonds. The van der Waals surface area contributed by atoms with Crippen LogP contribution in [0.1, 0.15) is 15.3 Å². The Bertz CT molecular complexity index is 48.2. The zero-order valence-electron chi connectivity index (χ0n) is 5.68. The van der Waals surface area contributed by atoms with Gasteiger partial charge in [-0.05, 0) is 13.8 Å². The van der Waals surface area contributed by atoms with E-state index in [1.807, 2.05) is 20.5 Å². The first-order valence-corrected chi connectivity index (χ1v) is 4.43. The molecule has 0 unspecified atom stereocenters. The van der Waals surface area contributed by atoms with Crippen LogP contribution in [-0.4, -0.2) is 19.9 Å². The molecule has 0 bridgehead atoms. The van der Waals surface area contributed by atoms with E-state index in [1.165, 1.54) is 0 Å². The molecule has 0 radical (unpaired) electrons. The first kappa shape index (κ1) is 8.35. The summed E-state index contributed by atoms with van der Waals surface area (Å²) in [5, 5.41) is 0. The Balaban J connectivity index is 0. The van der Waals surface area contributed by atoms with E-state index in [4.69, 9.17) is 9.05 Å². The van der Waals surface area contributed by atoms with Crippen molar-refractivity contribution in [3.05, 3.63) is 0 Å². The number of rotatable bonds is 4. The van der Waals surface area contributed by atoms with Crippen LogP contribution in [0, 0.1) is 0 Å². The van der Waals surface area contributed by atoms with E-state index in [-0.39, 0.29) is 1.43 Å². The first-order chi connectivity index (χ1) is 3.81. The van der Waals surface area contributed by atoms with Gasteiger partial charge in [0.15, 0.2) is 8.38 Å². The molecule has 0 aromatic heterocycles. The van der Waals surface area contributed by atoms with Crippen LogP contribution in [-0.2, 0) is 9.05 Å². The minimum Gasteiger partial charge on any atom is -0.335 e. The lowest BCUT2D eigenvalue weighted by atomic mass is 10.9. The largest absolute Gasteiger partial charge is 0.335 e. The van der Waals surface area contributed by atoms with Crippen LogP contribution in [0.2, 0.25) is 0 Å². The summed E-state index contributed by atoms with van der Waals surface area (Å²) in [5.41, 5.74) is 0. The lowest BCUT2D eigenvalue weighted by molar-refractivity contribution is 0.274. The highest BCUT2D eigenvalue weighted by Gasteiger charge is 1.96. The van der Waals surface area contributed by atoms with Gasteiger partial charge in [-0.2, -0.15) is 0 Å². The molecule has 0 saturated carbocycles. The lowest BCUT2D eigenvalue weighted by Gasteiger charge is -2.08. The zero-order chi connectivity index (χ0) is 6.41. The van der Waals surface area contributed by atoms with Crippen LogP contribution in [0.25, 0.3) is 0 Å². The van der Waals surface area contributed by atoms with E-state index >= 15 is 0 Å². The van der Waals surface area contributed by atoms with Crippen molar-refractivity contribution in [2.45, 2.75) is 13.8 Å². The van der Waals surface area contributed by atoms with E-state index in [1.54, 1.807) is 0 Å². The van der Waals surface area contributed by atoms with Gasteiger partial charge >= 0.3 is 0 Å². The summed E-state index contributed by atoms with van der Waals surface area (Å²) < 4.78 is 10.2. The van der Waals surface area contributed by atoms with Gasteiger partial charge in [-0.25, -0.2) is 0 Å². The van der Waals surface area contributed by atoms with E-state index in [9.17, 15) is 0 Å². The molecule has 0 aromatic rings. The van der Waals surface area contributed by atoms with Gasteiger partial charge in [0.2, 0.25) is 0 Å². The third-order valence-electron chi connectivity index (χ3n) is 0.622. The molecule has 0 saturated heterocycles. The van der Waals surface area contributed by atoms with Crippen molar-refractivity contribution in [1.82, 2.24) is 0 Å². The molecule has 0 aliphatic rings. The minimum atomic E-state index is -0.581. The molecule has 3 heteroatoms. The second-order valence-corrected chi connectivity index (χ2v) is 2.67. The fourth-order valence-electron chi connectivity index (χ4n) is 0.401. The second kappa shape index (κ2) is 5.49. The third-order valence-corrected chi connectivity index (χ3v) is 1.87. The highest BCUT2D eigenvalue weighted by molar-refractivity contribution is 7.46. The quantitative estimate of drug-likeness (QED) is 0.554. The number of hydrogen-bond acceptors (Lipinski definition) is 2. The maximum atomic E-state index is 5.12. The summed E-state index contributed by atoms with van der Waals surface area (Å²) >= 11 is 0. The van der Waals surface area contributed by atoms with Gasteiger partial charge in [-0.3, -0.25) is 0 Å². The molecule has 0 heterocycles.